The summed E-state index contributed by atoms with van der Waals surface area (Å²) in [5.74, 6) is 0.230. The number of nitrogens with one attached hydrogen (secondary N) is 1. The minimum absolute atomic E-state index is 0.147. The minimum Gasteiger partial charge on any atom is -0.312 e. The van der Waals surface area contributed by atoms with Gasteiger partial charge in [0.25, 0.3) is 0 Å². The number of sulfone groups is 1. The molecule has 92 valence electrons. The molecule has 0 aliphatic carbocycles. The lowest BCUT2D eigenvalue weighted by molar-refractivity contribution is 0.543. The fourth-order valence-electron chi connectivity index (χ4n) is 1.51. The summed E-state index contributed by atoms with van der Waals surface area (Å²) in [6.07, 6.45) is 2.70. The topological polar surface area (TPSA) is 46.2 Å². The van der Waals surface area contributed by atoms with Crippen LogP contribution in [0.15, 0.2) is 11.4 Å². The quantitative estimate of drug-likeness (QED) is 0.871. The maximum absolute atomic E-state index is 11.0. The number of halogens is 1. The van der Waals surface area contributed by atoms with Crippen LogP contribution in [0.4, 0.5) is 0 Å². The van der Waals surface area contributed by atoms with E-state index < -0.39 is 9.84 Å². The van der Waals surface area contributed by atoms with E-state index in [4.69, 9.17) is 11.6 Å². The normalized spacial score (nSPS) is 13.9. The maximum Gasteiger partial charge on any atom is 0.147 e. The van der Waals surface area contributed by atoms with Crippen LogP contribution in [0.5, 0.6) is 0 Å². The smallest absolute Gasteiger partial charge is 0.147 e. The van der Waals surface area contributed by atoms with Gasteiger partial charge in [-0.1, -0.05) is 11.6 Å². The van der Waals surface area contributed by atoms with Crippen LogP contribution in [-0.4, -0.2) is 27.5 Å². The van der Waals surface area contributed by atoms with Crippen molar-refractivity contribution in [2.75, 3.05) is 19.1 Å². The Morgan fingerprint density at radius 2 is 2.25 bits per heavy atom. The molecule has 3 nitrogen and oxygen atoms in total. The van der Waals surface area contributed by atoms with E-state index in [1.54, 1.807) is 11.3 Å². The fraction of sp³-hybridized carbons (Fsp3) is 0.600. The summed E-state index contributed by atoms with van der Waals surface area (Å²) in [4.78, 5) is 1.08. The molecule has 0 bridgehead atoms. The van der Waals surface area contributed by atoms with Crippen molar-refractivity contribution in [1.82, 2.24) is 5.32 Å². The molecule has 1 N–H and O–H groups in total. The minimum atomic E-state index is -2.86. The van der Waals surface area contributed by atoms with E-state index in [0.29, 0.717) is 6.42 Å². The van der Waals surface area contributed by atoms with Crippen LogP contribution in [0.1, 0.15) is 23.8 Å². The predicted molar refractivity (Wildman–Crippen MR) is 70.1 cm³/mol. The van der Waals surface area contributed by atoms with Crippen molar-refractivity contribution in [3.8, 4) is 0 Å². The zero-order valence-electron chi connectivity index (χ0n) is 9.36. The average molecular weight is 282 g/mol. The zero-order valence-corrected chi connectivity index (χ0v) is 11.8. The van der Waals surface area contributed by atoms with Crippen LogP contribution in [0.3, 0.4) is 0 Å². The number of rotatable bonds is 6. The first-order valence-electron chi connectivity index (χ1n) is 5.02. The first-order valence-corrected chi connectivity index (χ1v) is 8.33. The first-order chi connectivity index (χ1) is 7.44. The lowest BCUT2D eigenvalue weighted by atomic mass is 10.1. The number of thiophene rings is 1. The van der Waals surface area contributed by atoms with Crippen LogP contribution in [0.25, 0.3) is 0 Å². The van der Waals surface area contributed by atoms with Crippen LogP contribution in [0, 0.1) is 0 Å². The molecule has 0 saturated heterocycles. The van der Waals surface area contributed by atoms with Gasteiger partial charge in [-0.15, -0.1) is 11.3 Å². The Labute approximate surface area is 106 Å². The molecule has 0 aliphatic heterocycles. The molecule has 6 heteroatoms. The monoisotopic (exact) mass is 281 g/mol. The van der Waals surface area contributed by atoms with Crippen LogP contribution < -0.4 is 5.32 Å². The summed E-state index contributed by atoms with van der Waals surface area (Å²) in [5, 5.41) is 5.86. The van der Waals surface area contributed by atoms with Crippen molar-refractivity contribution in [2.45, 2.75) is 18.9 Å². The molecular weight excluding hydrogens is 266 g/mol. The van der Waals surface area contributed by atoms with Gasteiger partial charge in [0.05, 0.1) is 5.02 Å². The predicted octanol–water partition coefficient (Wildman–Crippen LogP) is 2.49. The zero-order chi connectivity index (χ0) is 12.2. The van der Waals surface area contributed by atoms with Gasteiger partial charge in [0.1, 0.15) is 9.84 Å². The van der Waals surface area contributed by atoms with Crippen LogP contribution in [-0.2, 0) is 9.84 Å². The Balaban J connectivity index is 2.54. The Morgan fingerprint density at radius 3 is 2.69 bits per heavy atom. The molecular formula is C10H16ClNO2S2. The third-order valence-corrected chi connectivity index (χ3v) is 4.82. The van der Waals surface area contributed by atoms with Gasteiger partial charge in [0.15, 0.2) is 0 Å². The molecule has 1 rings (SSSR count). The van der Waals surface area contributed by atoms with E-state index in [9.17, 15) is 8.42 Å². The van der Waals surface area contributed by atoms with Gasteiger partial charge in [-0.25, -0.2) is 8.42 Å². The van der Waals surface area contributed by atoms with Crippen molar-refractivity contribution in [2.24, 2.45) is 0 Å². The molecule has 1 aromatic heterocycles. The van der Waals surface area contributed by atoms with E-state index in [1.165, 1.54) is 6.26 Å². The van der Waals surface area contributed by atoms with E-state index in [0.717, 1.165) is 16.3 Å². The molecule has 0 radical (unpaired) electrons. The molecule has 0 amide bonds. The highest BCUT2D eigenvalue weighted by Gasteiger charge is 2.14. The Hall–Kier alpha value is -0.100. The molecule has 0 aromatic carbocycles. The summed E-state index contributed by atoms with van der Waals surface area (Å²) in [6.45, 7) is 0. The van der Waals surface area contributed by atoms with E-state index in [1.807, 2.05) is 18.5 Å². The van der Waals surface area contributed by atoms with E-state index >= 15 is 0 Å². The van der Waals surface area contributed by atoms with E-state index in [-0.39, 0.29) is 11.8 Å². The molecule has 1 aromatic rings. The molecule has 0 aliphatic rings. The fourth-order valence-corrected chi connectivity index (χ4v) is 3.54. The molecule has 0 spiro atoms. The van der Waals surface area contributed by atoms with Gasteiger partial charge >= 0.3 is 0 Å². The third kappa shape index (κ3) is 4.41. The molecule has 0 fully saturated rings. The summed E-state index contributed by atoms with van der Waals surface area (Å²) in [6, 6.07) is 2.01. The SMILES string of the molecule is CNC(CCCS(C)(=O)=O)c1sccc1Cl. The Kier molecular flexibility index (Phi) is 5.24. The molecule has 1 atom stereocenters. The Bertz CT molecular complexity index is 428. The summed E-state index contributed by atoms with van der Waals surface area (Å²) in [5.41, 5.74) is 0. The van der Waals surface area contributed by atoms with Crippen molar-refractivity contribution in [3.05, 3.63) is 21.3 Å². The van der Waals surface area contributed by atoms with Gasteiger partial charge in [-0.05, 0) is 31.3 Å². The largest absolute Gasteiger partial charge is 0.312 e. The van der Waals surface area contributed by atoms with Gasteiger partial charge in [-0.2, -0.15) is 0 Å². The standard InChI is InChI=1S/C10H16ClNO2S2/c1-12-9(4-3-7-16(2,13)14)10-8(11)5-6-15-10/h5-6,9,12H,3-4,7H2,1-2H3. The summed E-state index contributed by atoms with van der Waals surface area (Å²) < 4.78 is 22.0. The van der Waals surface area contributed by atoms with Gasteiger partial charge in [-0.3, -0.25) is 0 Å². The average Bonchev–Trinajstić information content (AvgIpc) is 2.58. The number of hydrogen-bond donors (Lipinski definition) is 1. The molecule has 0 saturated carbocycles. The van der Waals surface area contributed by atoms with Crippen molar-refractivity contribution < 1.29 is 8.42 Å². The highest BCUT2D eigenvalue weighted by molar-refractivity contribution is 7.90. The Morgan fingerprint density at radius 1 is 1.56 bits per heavy atom. The highest BCUT2D eigenvalue weighted by atomic mass is 35.5. The van der Waals surface area contributed by atoms with E-state index in [2.05, 4.69) is 5.32 Å². The maximum atomic E-state index is 11.0. The first kappa shape index (κ1) is 14.0. The second-order valence-electron chi connectivity index (χ2n) is 3.75. The second-order valence-corrected chi connectivity index (χ2v) is 7.36. The molecule has 16 heavy (non-hydrogen) atoms. The number of hydrogen-bond acceptors (Lipinski definition) is 4. The van der Waals surface area contributed by atoms with Crippen LogP contribution >= 0.6 is 22.9 Å². The molecule has 1 heterocycles. The highest BCUT2D eigenvalue weighted by Crippen LogP contribution is 2.30. The second kappa shape index (κ2) is 6.00. The van der Waals surface area contributed by atoms with Gasteiger partial charge in [0, 0.05) is 22.9 Å². The lowest BCUT2D eigenvalue weighted by Gasteiger charge is -2.14. The van der Waals surface area contributed by atoms with Gasteiger partial charge < -0.3 is 5.32 Å². The summed E-state index contributed by atoms with van der Waals surface area (Å²) in [7, 11) is -1.00. The lowest BCUT2D eigenvalue weighted by Crippen LogP contribution is -2.16. The summed E-state index contributed by atoms with van der Waals surface area (Å²) >= 11 is 7.63. The molecule has 1 unspecified atom stereocenters. The van der Waals surface area contributed by atoms with Crippen molar-refractivity contribution in [3.63, 3.8) is 0 Å². The van der Waals surface area contributed by atoms with Gasteiger partial charge in [0.2, 0.25) is 0 Å². The van der Waals surface area contributed by atoms with Crippen LogP contribution in [0.2, 0.25) is 5.02 Å². The third-order valence-electron chi connectivity index (χ3n) is 2.32. The van der Waals surface area contributed by atoms with Crippen molar-refractivity contribution in [1.29, 1.82) is 0 Å². The van der Waals surface area contributed by atoms with Crippen molar-refractivity contribution >= 4 is 32.8 Å².